The minimum absolute atomic E-state index is 0.223. The van der Waals surface area contributed by atoms with E-state index < -0.39 is 33.2 Å². The molecule has 0 bridgehead atoms. The van der Waals surface area contributed by atoms with Gasteiger partial charge in [-0.05, 0) is 12.1 Å². The number of alkyl halides is 3. The normalized spacial score (nSPS) is 12.0. The Morgan fingerprint density at radius 2 is 1.85 bits per heavy atom. The van der Waals surface area contributed by atoms with Crippen molar-refractivity contribution in [3.05, 3.63) is 29.8 Å². The van der Waals surface area contributed by atoms with Crippen LogP contribution >= 0.6 is 0 Å². The number of para-hydroxylation sites is 1. The summed E-state index contributed by atoms with van der Waals surface area (Å²) in [5, 5.41) is 0. The molecule has 1 amide bonds. The molecular formula is C11H13F3N2O3S. The second kappa shape index (κ2) is 6.12. The molecule has 5 nitrogen and oxygen atoms in total. The van der Waals surface area contributed by atoms with Crippen LogP contribution in [-0.2, 0) is 20.8 Å². The van der Waals surface area contributed by atoms with Crippen LogP contribution in [0.1, 0.15) is 12.5 Å². The number of carbonyl (C=O) groups is 1. The molecule has 112 valence electrons. The lowest BCUT2D eigenvalue weighted by Crippen LogP contribution is -2.35. The van der Waals surface area contributed by atoms with Crippen LogP contribution in [0.15, 0.2) is 24.3 Å². The molecule has 1 aromatic rings. The van der Waals surface area contributed by atoms with Crippen LogP contribution in [0.4, 0.5) is 18.9 Å². The van der Waals surface area contributed by atoms with Crippen LogP contribution in [-0.4, -0.2) is 25.8 Å². The van der Waals surface area contributed by atoms with Crippen LogP contribution in [0.5, 0.6) is 0 Å². The third-order valence-electron chi connectivity index (χ3n) is 2.36. The fourth-order valence-electron chi connectivity index (χ4n) is 1.31. The van der Waals surface area contributed by atoms with Gasteiger partial charge in [0.05, 0.1) is 11.3 Å². The first-order valence-corrected chi connectivity index (χ1v) is 7.39. The summed E-state index contributed by atoms with van der Waals surface area (Å²) >= 11 is 0. The molecule has 9 heteroatoms. The monoisotopic (exact) mass is 310 g/mol. The number of carbonyl (C=O) groups excluding carboxylic acids is 1. The molecule has 1 aromatic carbocycles. The van der Waals surface area contributed by atoms with Gasteiger partial charge in [0.15, 0.2) is 9.84 Å². The van der Waals surface area contributed by atoms with Gasteiger partial charge in [0.1, 0.15) is 5.75 Å². The van der Waals surface area contributed by atoms with Crippen molar-refractivity contribution in [1.82, 2.24) is 5.43 Å². The molecule has 1 rings (SSSR count). The van der Waals surface area contributed by atoms with Crippen LogP contribution in [0.25, 0.3) is 0 Å². The molecule has 0 fully saturated rings. The van der Waals surface area contributed by atoms with E-state index in [0.29, 0.717) is 0 Å². The summed E-state index contributed by atoms with van der Waals surface area (Å²) in [5.74, 6) is -1.94. The number of hydrogen-bond donors (Lipinski definition) is 2. The van der Waals surface area contributed by atoms with Crippen molar-refractivity contribution in [3.8, 4) is 0 Å². The van der Waals surface area contributed by atoms with Crippen molar-refractivity contribution in [2.75, 3.05) is 16.9 Å². The lowest BCUT2D eigenvalue weighted by atomic mass is 10.2. The number of hydrogen-bond acceptors (Lipinski definition) is 4. The van der Waals surface area contributed by atoms with Gasteiger partial charge in [-0.1, -0.05) is 19.1 Å². The number of amides is 1. The SMILES string of the molecule is CCS(=O)(=O)CC(=O)NNc1ccccc1C(F)(F)F. The Morgan fingerprint density at radius 1 is 1.25 bits per heavy atom. The molecule has 0 saturated carbocycles. The molecule has 0 saturated heterocycles. The third-order valence-corrected chi connectivity index (χ3v) is 3.94. The summed E-state index contributed by atoms with van der Waals surface area (Å²) < 4.78 is 60.3. The van der Waals surface area contributed by atoms with Crippen LogP contribution in [0, 0.1) is 0 Å². The standard InChI is InChI=1S/C11H13F3N2O3S/c1-2-20(18,19)7-10(17)16-15-9-6-4-3-5-8(9)11(12,13)14/h3-6,15H,2,7H2,1H3,(H,16,17). The third kappa shape index (κ3) is 4.72. The van der Waals surface area contributed by atoms with E-state index in [0.717, 1.165) is 12.1 Å². The molecule has 0 heterocycles. The van der Waals surface area contributed by atoms with Crippen molar-refractivity contribution >= 4 is 21.4 Å². The Kier molecular flexibility index (Phi) is 4.98. The highest BCUT2D eigenvalue weighted by Gasteiger charge is 2.33. The van der Waals surface area contributed by atoms with Gasteiger partial charge in [-0.2, -0.15) is 13.2 Å². The second-order valence-electron chi connectivity index (χ2n) is 3.89. The maximum atomic E-state index is 12.6. The molecular weight excluding hydrogens is 297 g/mol. The zero-order valence-corrected chi connectivity index (χ0v) is 11.3. The van der Waals surface area contributed by atoms with E-state index in [2.05, 4.69) is 5.43 Å². The molecule has 0 aromatic heterocycles. The summed E-state index contributed by atoms with van der Waals surface area (Å²) in [5.41, 5.74) is 2.70. The number of sulfone groups is 1. The maximum absolute atomic E-state index is 12.6. The summed E-state index contributed by atoms with van der Waals surface area (Å²) in [6, 6.07) is 4.53. The Balaban J connectivity index is 2.74. The second-order valence-corrected chi connectivity index (χ2v) is 6.25. The zero-order valence-electron chi connectivity index (χ0n) is 10.5. The number of halogens is 3. The van der Waals surface area contributed by atoms with Gasteiger partial charge in [-0.3, -0.25) is 15.6 Å². The minimum Gasteiger partial charge on any atom is -0.298 e. The van der Waals surface area contributed by atoms with Gasteiger partial charge >= 0.3 is 6.18 Å². The van der Waals surface area contributed by atoms with Crippen LogP contribution in [0.2, 0.25) is 0 Å². The van der Waals surface area contributed by atoms with Crippen LogP contribution in [0.3, 0.4) is 0 Å². The van der Waals surface area contributed by atoms with E-state index in [1.165, 1.54) is 19.1 Å². The van der Waals surface area contributed by atoms with Gasteiger partial charge in [-0.25, -0.2) is 8.42 Å². The first kappa shape index (κ1) is 16.3. The molecule has 0 aliphatic rings. The van der Waals surface area contributed by atoms with E-state index in [-0.39, 0.29) is 11.4 Å². The Bertz CT molecular complexity index is 585. The van der Waals surface area contributed by atoms with E-state index >= 15 is 0 Å². The van der Waals surface area contributed by atoms with Gasteiger partial charge < -0.3 is 0 Å². The smallest absolute Gasteiger partial charge is 0.298 e. The summed E-state index contributed by atoms with van der Waals surface area (Å²) in [4.78, 5) is 11.3. The van der Waals surface area contributed by atoms with Crippen molar-refractivity contribution in [2.24, 2.45) is 0 Å². The number of nitrogens with one attached hydrogen (secondary N) is 2. The fraction of sp³-hybridized carbons (Fsp3) is 0.364. The Labute approximate surface area is 114 Å². The number of rotatable bonds is 5. The highest BCUT2D eigenvalue weighted by Crippen LogP contribution is 2.34. The number of hydrazine groups is 1. The molecule has 0 aliphatic heterocycles. The topological polar surface area (TPSA) is 75.3 Å². The van der Waals surface area contributed by atoms with Crippen molar-refractivity contribution in [1.29, 1.82) is 0 Å². The Morgan fingerprint density at radius 3 is 2.40 bits per heavy atom. The average molecular weight is 310 g/mol. The lowest BCUT2D eigenvalue weighted by Gasteiger charge is -2.14. The maximum Gasteiger partial charge on any atom is 0.418 e. The van der Waals surface area contributed by atoms with E-state index in [9.17, 15) is 26.4 Å². The highest BCUT2D eigenvalue weighted by molar-refractivity contribution is 7.92. The molecule has 0 atom stereocenters. The molecule has 0 radical (unpaired) electrons. The predicted molar refractivity (Wildman–Crippen MR) is 67.5 cm³/mol. The molecule has 20 heavy (non-hydrogen) atoms. The number of anilines is 1. The van der Waals surface area contributed by atoms with E-state index in [4.69, 9.17) is 0 Å². The number of benzene rings is 1. The fourth-order valence-corrected chi connectivity index (χ4v) is 1.99. The average Bonchev–Trinajstić information content (AvgIpc) is 2.35. The van der Waals surface area contributed by atoms with Crippen molar-refractivity contribution in [3.63, 3.8) is 0 Å². The van der Waals surface area contributed by atoms with Crippen LogP contribution < -0.4 is 10.9 Å². The predicted octanol–water partition coefficient (Wildman–Crippen LogP) is 1.58. The summed E-state index contributed by atoms with van der Waals surface area (Å²) in [7, 11) is -3.54. The summed E-state index contributed by atoms with van der Waals surface area (Å²) in [6.07, 6.45) is -4.58. The van der Waals surface area contributed by atoms with Crippen molar-refractivity contribution in [2.45, 2.75) is 13.1 Å². The van der Waals surface area contributed by atoms with Crippen molar-refractivity contribution < 1.29 is 26.4 Å². The summed E-state index contributed by atoms with van der Waals surface area (Å²) in [6.45, 7) is 1.37. The lowest BCUT2D eigenvalue weighted by molar-refractivity contribution is -0.137. The first-order chi connectivity index (χ1) is 9.15. The van der Waals surface area contributed by atoms with Gasteiger partial charge in [0, 0.05) is 5.75 Å². The molecule has 2 N–H and O–H groups in total. The van der Waals surface area contributed by atoms with Gasteiger partial charge in [0.2, 0.25) is 0 Å². The molecule has 0 unspecified atom stereocenters. The molecule has 0 aliphatic carbocycles. The molecule has 0 spiro atoms. The highest BCUT2D eigenvalue weighted by atomic mass is 32.2. The zero-order chi connectivity index (χ0) is 15.4. The first-order valence-electron chi connectivity index (χ1n) is 5.57. The Hall–Kier alpha value is -1.77. The van der Waals surface area contributed by atoms with E-state index in [1.807, 2.05) is 5.43 Å². The van der Waals surface area contributed by atoms with E-state index in [1.54, 1.807) is 0 Å². The van der Waals surface area contributed by atoms with Gasteiger partial charge in [0.25, 0.3) is 5.91 Å². The largest absolute Gasteiger partial charge is 0.418 e. The minimum atomic E-state index is -4.58. The quantitative estimate of drug-likeness (QED) is 0.810. The van der Waals surface area contributed by atoms with Gasteiger partial charge in [-0.15, -0.1) is 0 Å².